The predicted octanol–water partition coefficient (Wildman–Crippen LogP) is 2.86. The van der Waals surface area contributed by atoms with Gasteiger partial charge in [0.05, 0.1) is 10.5 Å². The van der Waals surface area contributed by atoms with Crippen LogP contribution < -0.4 is 10.5 Å². The Balaban J connectivity index is 1.56. The number of carbonyl (C=O) groups excluding carboxylic acids is 1. The van der Waals surface area contributed by atoms with Crippen molar-refractivity contribution in [2.24, 2.45) is 0 Å². The Kier molecular flexibility index (Phi) is 4.83. The first-order chi connectivity index (χ1) is 12.0. The number of carbonyl (C=O) groups is 1. The van der Waals surface area contributed by atoms with Crippen LogP contribution in [0.15, 0.2) is 48.5 Å². The molecule has 0 spiro atoms. The number of para-hydroxylation sites is 1. The lowest BCUT2D eigenvalue weighted by atomic mass is 10.1. The quantitative estimate of drug-likeness (QED) is 0.524. The summed E-state index contributed by atoms with van der Waals surface area (Å²) in [6.07, 6.45) is 1.39. The number of benzene rings is 2. The van der Waals surface area contributed by atoms with Crippen LogP contribution in [0.5, 0.6) is 5.75 Å². The zero-order valence-corrected chi connectivity index (χ0v) is 13.6. The lowest BCUT2D eigenvalue weighted by Gasteiger charge is -2.32. The molecule has 0 radical (unpaired) electrons. The van der Waals surface area contributed by atoms with E-state index in [0.29, 0.717) is 42.9 Å². The summed E-state index contributed by atoms with van der Waals surface area (Å²) in [6.45, 7) is 1.18. The number of nitrogens with two attached hydrogens (primary N) is 1. The number of hydrogen-bond donors (Lipinski definition) is 1. The van der Waals surface area contributed by atoms with Crippen molar-refractivity contribution in [1.29, 1.82) is 0 Å². The Morgan fingerprint density at radius 3 is 2.36 bits per heavy atom. The molecule has 1 saturated heterocycles. The molecule has 7 heteroatoms. The van der Waals surface area contributed by atoms with E-state index in [1.807, 2.05) is 0 Å². The van der Waals surface area contributed by atoms with Crippen molar-refractivity contribution in [3.05, 3.63) is 64.2 Å². The van der Waals surface area contributed by atoms with Crippen molar-refractivity contribution in [2.45, 2.75) is 18.9 Å². The number of nitro benzene ring substituents is 1. The highest BCUT2D eigenvalue weighted by Gasteiger charge is 2.25. The Morgan fingerprint density at radius 1 is 1.12 bits per heavy atom. The molecule has 25 heavy (non-hydrogen) atoms. The normalized spacial score (nSPS) is 15.0. The van der Waals surface area contributed by atoms with Gasteiger partial charge in [-0.15, -0.1) is 0 Å². The second-order valence-corrected chi connectivity index (χ2v) is 5.95. The molecule has 130 valence electrons. The van der Waals surface area contributed by atoms with Crippen molar-refractivity contribution in [2.75, 3.05) is 18.8 Å². The minimum Gasteiger partial charge on any atom is -0.490 e. The second-order valence-electron chi connectivity index (χ2n) is 5.95. The summed E-state index contributed by atoms with van der Waals surface area (Å²) in [4.78, 5) is 24.5. The first-order valence-corrected chi connectivity index (χ1v) is 8.09. The maximum atomic E-state index is 12.5. The summed E-state index contributed by atoms with van der Waals surface area (Å²) >= 11 is 0. The molecule has 1 aliphatic rings. The van der Waals surface area contributed by atoms with Gasteiger partial charge in [-0.3, -0.25) is 14.9 Å². The van der Waals surface area contributed by atoms with Gasteiger partial charge in [-0.05, 0) is 24.3 Å². The van der Waals surface area contributed by atoms with Crippen molar-refractivity contribution in [3.8, 4) is 5.75 Å². The summed E-state index contributed by atoms with van der Waals surface area (Å²) in [6, 6.07) is 13.1. The van der Waals surface area contributed by atoms with Crippen LogP contribution in [0.1, 0.15) is 23.2 Å². The van der Waals surface area contributed by atoms with E-state index < -0.39 is 4.92 Å². The van der Waals surface area contributed by atoms with Crippen molar-refractivity contribution >= 4 is 17.3 Å². The van der Waals surface area contributed by atoms with Crippen LogP contribution >= 0.6 is 0 Å². The lowest BCUT2D eigenvalue weighted by molar-refractivity contribution is -0.384. The molecular weight excluding hydrogens is 322 g/mol. The van der Waals surface area contributed by atoms with Crippen molar-refractivity contribution in [3.63, 3.8) is 0 Å². The number of anilines is 1. The summed E-state index contributed by atoms with van der Waals surface area (Å²) in [5, 5.41) is 10.7. The standard InChI is InChI=1S/C18H19N3O4/c19-17-4-2-1-3-16(17)18(22)20-11-9-15(10-12-20)25-14-7-5-13(6-8-14)21(23)24/h1-8,15H,9-12,19H2. The van der Waals surface area contributed by atoms with Gasteiger partial charge in [0.1, 0.15) is 11.9 Å². The summed E-state index contributed by atoms with van der Waals surface area (Å²) < 4.78 is 5.86. The third kappa shape index (κ3) is 3.88. The Labute approximate surface area is 145 Å². The summed E-state index contributed by atoms with van der Waals surface area (Å²) in [7, 11) is 0. The van der Waals surface area contributed by atoms with Crippen LogP contribution in [0.3, 0.4) is 0 Å². The van der Waals surface area contributed by atoms with E-state index in [-0.39, 0.29) is 17.7 Å². The SMILES string of the molecule is Nc1ccccc1C(=O)N1CCC(Oc2ccc([N+](=O)[O-])cc2)CC1. The van der Waals surface area contributed by atoms with Gasteiger partial charge in [-0.25, -0.2) is 0 Å². The highest BCUT2D eigenvalue weighted by Crippen LogP contribution is 2.23. The van der Waals surface area contributed by atoms with Crippen LogP contribution in [-0.4, -0.2) is 34.9 Å². The minimum absolute atomic E-state index is 0.0152. The number of nitrogens with zero attached hydrogens (tertiary/aromatic N) is 2. The smallest absolute Gasteiger partial charge is 0.269 e. The van der Waals surface area contributed by atoms with Gasteiger partial charge in [0.2, 0.25) is 0 Å². The largest absolute Gasteiger partial charge is 0.490 e. The third-order valence-corrected chi connectivity index (χ3v) is 4.27. The van der Waals surface area contributed by atoms with Crippen LogP contribution in [-0.2, 0) is 0 Å². The first-order valence-electron chi connectivity index (χ1n) is 8.09. The second kappa shape index (κ2) is 7.21. The van der Waals surface area contributed by atoms with E-state index in [1.54, 1.807) is 41.3 Å². The van der Waals surface area contributed by atoms with Crippen LogP contribution in [0.4, 0.5) is 11.4 Å². The molecule has 2 aromatic rings. The molecule has 0 aromatic heterocycles. The topological polar surface area (TPSA) is 98.7 Å². The molecule has 2 aromatic carbocycles. The van der Waals surface area contributed by atoms with Gasteiger partial charge in [-0.1, -0.05) is 12.1 Å². The molecule has 3 rings (SSSR count). The fraction of sp³-hybridized carbons (Fsp3) is 0.278. The lowest BCUT2D eigenvalue weighted by Crippen LogP contribution is -2.42. The molecule has 2 N–H and O–H groups in total. The van der Waals surface area contributed by atoms with Crippen LogP contribution in [0, 0.1) is 10.1 Å². The maximum Gasteiger partial charge on any atom is 0.269 e. The molecule has 7 nitrogen and oxygen atoms in total. The number of hydrogen-bond acceptors (Lipinski definition) is 5. The zero-order chi connectivity index (χ0) is 17.8. The minimum atomic E-state index is -0.441. The maximum absolute atomic E-state index is 12.5. The number of non-ortho nitro benzene ring substituents is 1. The van der Waals surface area contributed by atoms with E-state index in [0.717, 1.165) is 0 Å². The van der Waals surface area contributed by atoms with Crippen molar-refractivity contribution < 1.29 is 14.5 Å². The third-order valence-electron chi connectivity index (χ3n) is 4.27. The molecule has 0 bridgehead atoms. The van der Waals surface area contributed by atoms with E-state index in [2.05, 4.69) is 0 Å². The van der Waals surface area contributed by atoms with Gasteiger partial charge in [0.25, 0.3) is 11.6 Å². The fourth-order valence-corrected chi connectivity index (χ4v) is 2.88. The molecule has 1 fully saturated rings. The highest BCUT2D eigenvalue weighted by molar-refractivity contribution is 5.99. The predicted molar refractivity (Wildman–Crippen MR) is 93.5 cm³/mol. The van der Waals surface area contributed by atoms with Crippen LogP contribution in [0.2, 0.25) is 0 Å². The van der Waals surface area contributed by atoms with E-state index in [9.17, 15) is 14.9 Å². The number of ether oxygens (including phenoxy) is 1. The number of nitro groups is 1. The van der Waals surface area contributed by atoms with Gasteiger partial charge in [0, 0.05) is 43.8 Å². The zero-order valence-electron chi connectivity index (χ0n) is 13.6. The average Bonchev–Trinajstić information content (AvgIpc) is 2.63. The Hall–Kier alpha value is -3.09. The fourth-order valence-electron chi connectivity index (χ4n) is 2.88. The monoisotopic (exact) mass is 341 g/mol. The van der Waals surface area contributed by atoms with E-state index >= 15 is 0 Å². The molecule has 1 amide bonds. The number of amides is 1. The molecule has 0 unspecified atom stereocenters. The Morgan fingerprint density at radius 2 is 1.76 bits per heavy atom. The van der Waals surface area contributed by atoms with Gasteiger partial charge in [0.15, 0.2) is 0 Å². The van der Waals surface area contributed by atoms with Crippen LogP contribution in [0.25, 0.3) is 0 Å². The number of rotatable bonds is 4. The Bertz CT molecular complexity index is 768. The molecule has 1 aliphatic heterocycles. The molecule has 0 atom stereocenters. The number of piperidine rings is 1. The summed E-state index contributed by atoms with van der Waals surface area (Å²) in [5.41, 5.74) is 6.91. The summed E-state index contributed by atoms with van der Waals surface area (Å²) in [5.74, 6) is 0.537. The van der Waals surface area contributed by atoms with E-state index in [4.69, 9.17) is 10.5 Å². The first kappa shape index (κ1) is 16.8. The van der Waals surface area contributed by atoms with E-state index in [1.165, 1.54) is 12.1 Å². The van der Waals surface area contributed by atoms with Crippen molar-refractivity contribution in [1.82, 2.24) is 4.90 Å². The molecule has 1 heterocycles. The average molecular weight is 341 g/mol. The van der Waals surface area contributed by atoms with Gasteiger partial charge in [-0.2, -0.15) is 0 Å². The highest BCUT2D eigenvalue weighted by atomic mass is 16.6. The van der Waals surface area contributed by atoms with Gasteiger partial charge < -0.3 is 15.4 Å². The molecule has 0 aliphatic carbocycles. The number of likely N-dealkylation sites (tertiary alicyclic amines) is 1. The van der Waals surface area contributed by atoms with Gasteiger partial charge >= 0.3 is 0 Å². The molecular formula is C18H19N3O4. The molecule has 0 saturated carbocycles. The number of nitrogen functional groups attached to an aromatic ring is 1.